The van der Waals surface area contributed by atoms with Crippen molar-refractivity contribution < 1.29 is 9.53 Å². The zero-order chi connectivity index (χ0) is 21.6. The third-order valence-corrected chi connectivity index (χ3v) is 6.21. The summed E-state index contributed by atoms with van der Waals surface area (Å²) in [6, 6.07) is 27.2. The molecule has 3 aromatic carbocycles. The molecule has 156 valence electrons. The Morgan fingerprint density at radius 3 is 2.39 bits per heavy atom. The van der Waals surface area contributed by atoms with E-state index in [1.54, 1.807) is 0 Å². The van der Waals surface area contributed by atoms with Crippen molar-refractivity contribution in [3.63, 3.8) is 0 Å². The number of hydrogen-bond donors (Lipinski definition) is 1. The van der Waals surface area contributed by atoms with E-state index in [-0.39, 0.29) is 11.2 Å². The summed E-state index contributed by atoms with van der Waals surface area (Å²) in [5.74, 6) is 1.47. The summed E-state index contributed by atoms with van der Waals surface area (Å²) in [4.78, 5) is 17.6. The lowest BCUT2D eigenvalue weighted by molar-refractivity contribution is -0.115. The lowest BCUT2D eigenvalue weighted by Crippen LogP contribution is -2.24. The van der Waals surface area contributed by atoms with Gasteiger partial charge in [0.15, 0.2) is 0 Å². The molecule has 1 aromatic heterocycles. The largest absolute Gasteiger partial charge is 0.457 e. The van der Waals surface area contributed by atoms with Crippen LogP contribution in [0.25, 0.3) is 10.9 Å². The highest BCUT2D eigenvalue weighted by molar-refractivity contribution is 8.00. The maximum Gasteiger partial charge on any atom is 0.237 e. The maximum absolute atomic E-state index is 12.9. The molecule has 0 saturated carbocycles. The molecule has 0 radical (unpaired) electrons. The second-order valence-corrected chi connectivity index (χ2v) is 8.46. The van der Waals surface area contributed by atoms with Crippen LogP contribution in [0.3, 0.4) is 0 Å². The van der Waals surface area contributed by atoms with Gasteiger partial charge in [-0.05, 0) is 67.4 Å². The predicted octanol–water partition coefficient (Wildman–Crippen LogP) is 6.84. The van der Waals surface area contributed by atoms with Crippen molar-refractivity contribution in [2.45, 2.75) is 30.5 Å². The van der Waals surface area contributed by atoms with Crippen molar-refractivity contribution in [3.05, 3.63) is 90.5 Å². The van der Waals surface area contributed by atoms with Crippen LogP contribution in [0.2, 0.25) is 0 Å². The predicted molar refractivity (Wildman–Crippen MR) is 128 cm³/mol. The first kappa shape index (κ1) is 20.9. The fourth-order valence-electron chi connectivity index (χ4n) is 3.30. The summed E-state index contributed by atoms with van der Waals surface area (Å²) in [6.45, 7) is 4.09. The van der Waals surface area contributed by atoms with Crippen LogP contribution in [0.15, 0.2) is 90.0 Å². The fraction of sp³-hybridized carbons (Fsp3) is 0.154. The molecule has 4 nitrogen and oxygen atoms in total. The SMILES string of the molecule is CCC(Sc1cc(C)c2ccccc2n1)C(=O)Nc1ccc(Oc2ccccc2)cc1. The number of carbonyl (C=O) groups excluding carboxylic acids is 1. The molecule has 1 N–H and O–H groups in total. The smallest absolute Gasteiger partial charge is 0.237 e. The van der Waals surface area contributed by atoms with Gasteiger partial charge in [0, 0.05) is 11.1 Å². The molecule has 0 aliphatic heterocycles. The fourth-order valence-corrected chi connectivity index (χ4v) is 4.32. The molecule has 0 spiro atoms. The third-order valence-electron chi connectivity index (χ3n) is 4.93. The Morgan fingerprint density at radius 1 is 0.968 bits per heavy atom. The summed E-state index contributed by atoms with van der Waals surface area (Å²) >= 11 is 1.50. The molecule has 1 amide bonds. The number of anilines is 1. The van der Waals surface area contributed by atoms with Crippen LogP contribution in [-0.4, -0.2) is 16.1 Å². The second-order valence-electron chi connectivity index (χ2n) is 7.24. The molecule has 0 aliphatic rings. The van der Waals surface area contributed by atoms with Crippen molar-refractivity contribution in [2.75, 3.05) is 5.32 Å². The Bertz CT molecular complexity index is 1180. The minimum Gasteiger partial charge on any atom is -0.457 e. The Hall–Kier alpha value is -3.31. The van der Waals surface area contributed by atoms with E-state index in [1.807, 2.05) is 79.7 Å². The quantitative estimate of drug-likeness (QED) is 0.327. The van der Waals surface area contributed by atoms with Crippen LogP contribution in [-0.2, 0) is 4.79 Å². The average Bonchev–Trinajstić information content (AvgIpc) is 2.79. The van der Waals surface area contributed by atoms with Gasteiger partial charge in [0.1, 0.15) is 11.5 Å². The van der Waals surface area contributed by atoms with Gasteiger partial charge in [-0.3, -0.25) is 4.79 Å². The highest BCUT2D eigenvalue weighted by Crippen LogP contribution is 2.29. The minimum absolute atomic E-state index is 0.0307. The number of nitrogens with zero attached hydrogens (tertiary/aromatic N) is 1. The van der Waals surface area contributed by atoms with Gasteiger partial charge in [-0.15, -0.1) is 0 Å². The summed E-state index contributed by atoms with van der Waals surface area (Å²) in [5, 5.41) is 4.79. The number of carbonyl (C=O) groups is 1. The molecular weight excluding hydrogens is 404 g/mol. The molecule has 0 saturated heterocycles. The number of thioether (sulfide) groups is 1. The normalized spacial score (nSPS) is 11.8. The number of para-hydroxylation sites is 2. The monoisotopic (exact) mass is 428 g/mol. The molecule has 4 rings (SSSR count). The Morgan fingerprint density at radius 2 is 1.65 bits per heavy atom. The van der Waals surface area contributed by atoms with E-state index in [1.165, 1.54) is 11.8 Å². The van der Waals surface area contributed by atoms with Gasteiger partial charge < -0.3 is 10.1 Å². The molecule has 0 aliphatic carbocycles. The first-order valence-corrected chi connectivity index (χ1v) is 11.2. The van der Waals surface area contributed by atoms with Gasteiger partial charge in [-0.25, -0.2) is 4.98 Å². The van der Waals surface area contributed by atoms with Gasteiger partial charge >= 0.3 is 0 Å². The van der Waals surface area contributed by atoms with Gasteiger partial charge in [-0.1, -0.05) is 55.1 Å². The van der Waals surface area contributed by atoms with Gasteiger partial charge in [0.2, 0.25) is 5.91 Å². The molecule has 0 fully saturated rings. The number of fused-ring (bicyclic) bond motifs is 1. The average molecular weight is 429 g/mol. The molecule has 0 bridgehead atoms. The number of pyridine rings is 1. The zero-order valence-electron chi connectivity index (χ0n) is 17.5. The topological polar surface area (TPSA) is 51.2 Å². The Kier molecular flexibility index (Phi) is 6.53. The van der Waals surface area contributed by atoms with Crippen LogP contribution < -0.4 is 10.1 Å². The second kappa shape index (κ2) is 9.67. The Labute approximate surface area is 186 Å². The summed E-state index contributed by atoms with van der Waals surface area (Å²) in [5.41, 5.74) is 2.86. The van der Waals surface area contributed by atoms with E-state index in [9.17, 15) is 4.79 Å². The van der Waals surface area contributed by atoms with E-state index in [2.05, 4.69) is 24.4 Å². The lowest BCUT2D eigenvalue weighted by atomic mass is 10.1. The molecule has 5 heteroatoms. The first-order valence-electron chi connectivity index (χ1n) is 10.3. The van der Waals surface area contributed by atoms with E-state index in [4.69, 9.17) is 9.72 Å². The summed E-state index contributed by atoms with van der Waals surface area (Å²) in [7, 11) is 0. The molecule has 1 heterocycles. The van der Waals surface area contributed by atoms with Crippen LogP contribution in [0.5, 0.6) is 11.5 Å². The molecule has 1 unspecified atom stereocenters. The van der Waals surface area contributed by atoms with Crippen molar-refractivity contribution >= 4 is 34.3 Å². The molecule has 1 atom stereocenters. The Balaban J connectivity index is 1.42. The number of aryl methyl sites for hydroxylation is 1. The lowest BCUT2D eigenvalue weighted by Gasteiger charge is -2.15. The highest BCUT2D eigenvalue weighted by atomic mass is 32.2. The maximum atomic E-state index is 12.9. The van der Waals surface area contributed by atoms with Crippen molar-refractivity contribution in [1.29, 1.82) is 0 Å². The number of nitrogens with one attached hydrogen (secondary N) is 1. The highest BCUT2D eigenvalue weighted by Gasteiger charge is 2.19. The van der Waals surface area contributed by atoms with Crippen molar-refractivity contribution in [2.24, 2.45) is 0 Å². The van der Waals surface area contributed by atoms with Crippen molar-refractivity contribution in [1.82, 2.24) is 4.98 Å². The minimum atomic E-state index is -0.228. The van der Waals surface area contributed by atoms with E-state index in [0.29, 0.717) is 6.42 Å². The van der Waals surface area contributed by atoms with Crippen LogP contribution in [0.1, 0.15) is 18.9 Å². The number of amides is 1. The van der Waals surface area contributed by atoms with Gasteiger partial charge in [0.05, 0.1) is 15.8 Å². The first-order chi connectivity index (χ1) is 15.1. The van der Waals surface area contributed by atoms with Gasteiger partial charge in [-0.2, -0.15) is 0 Å². The number of benzene rings is 3. The van der Waals surface area contributed by atoms with Crippen LogP contribution >= 0.6 is 11.8 Å². The van der Waals surface area contributed by atoms with E-state index >= 15 is 0 Å². The summed E-state index contributed by atoms with van der Waals surface area (Å²) < 4.78 is 5.81. The third kappa shape index (κ3) is 5.25. The van der Waals surface area contributed by atoms with E-state index in [0.717, 1.165) is 38.7 Å². The molecule has 31 heavy (non-hydrogen) atoms. The van der Waals surface area contributed by atoms with Gasteiger partial charge in [0.25, 0.3) is 0 Å². The number of hydrogen-bond acceptors (Lipinski definition) is 4. The number of ether oxygens (including phenoxy) is 1. The molecular formula is C26H24N2O2S. The standard InChI is InChI=1S/C26H24N2O2S/c1-3-24(31-25-17-18(2)22-11-7-8-12-23(22)28-25)26(29)27-19-13-15-21(16-14-19)30-20-9-5-4-6-10-20/h4-17,24H,3H2,1-2H3,(H,27,29). The van der Waals surface area contributed by atoms with Crippen LogP contribution in [0.4, 0.5) is 5.69 Å². The van der Waals surface area contributed by atoms with E-state index < -0.39 is 0 Å². The number of rotatable bonds is 7. The van der Waals surface area contributed by atoms with Crippen molar-refractivity contribution in [3.8, 4) is 11.5 Å². The number of aromatic nitrogens is 1. The molecule has 4 aromatic rings. The zero-order valence-corrected chi connectivity index (χ0v) is 18.4. The summed E-state index contributed by atoms with van der Waals surface area (Å²) in [6.07, 6.45) is 0.708. The van der Waals surface area contributed by atoms with Crippen LogP contribution in [0, 0.1) is 6.92 Å².